The predicted octanol–water partition coefficient (Wildman–Crippen LogP) is 3.49. The zero-order valence-corrected chi connectivity index (χ0v) is 16.0. The summed E-state index contributed by atoms with van der Waals surface area (Å²) in [6.07, 6.45) is 4.50. The topological polar surface area (TPSA) is 67.3 Å². The van der Waals surface area contributed by atoms with E-state index >= 15 is 0 Å². The number of carbonyl (C=O) groups excluding carboxylic acids is 1. The molecule has 27 heavy (non-hydrogen) atoms. The fourth-order valence-corrected chi connectivity index (χ4v) is 3.63. The molecule has 0 aromatic carbocycles. The summed E-state index contributed by atoms with van der Waals surface area (Å²) in [5.74, 6) is -2.57. The van der Waals surface area contributed by atoms with Gasteiger partial charge in [0, 0.05) is 44.1 Å². The van der Waals surface area contributed by atoms with Crippen molar-refractivity contribution in [3.05, 3.63) is 12.3 Å². The number of amides is 1. The van der Waals surface area contributed by atoms with Crippen LogP contribution in [0.1, 0.15) is 52.4 Å². The van der Waals surface area contributed by atoms with Crippen LogP contribution in [0.15, 0.2) is 12.3 Å². The smallest absolute Gasteiger partial charge is 0.318 e. The maximum absolute atomic E-state index is 13.0. The lowest BCUT2D eigenvalue weighted by Gasteiger charge is -2.39. The van der Waals surface area contributed by atoms with E-state index in [1.54, 1.807) is 17.2 Å². The van der Waals surface area contributed by atoms with Crippen molar-refractivity contribution in [2.75, 3.05) is 18.4 Å². The molecule has 1 amide bonds. The molecule has 1 aromatic rings. The fraction of sp³-hybridized carbons (Fsp3) is 0.737. The molecule has 2 fully saturated rings. The molecule has 0 spiro atoms. The van der Waals surface area contributed by atoms with Crippen molar-refractivity contribution in [3.63, 3.8) is 0 Å². The Balaban J connectivity index is 1.47. The van der Waals surface area contributed by atoms with Gasteiger partial charge in [0.2, 0.25) is 11.8 Å². The maximum atomic E-state index is 13.0. The number of likely N-dealkylation sites (tertiary alicyclic amines) is 1. The van der Waals surface area contributed by atoms with Gasteiger partial charge in [-0.3, -0.25) is 4.79 Å². The molecule has 1 aliphatic carbocycles. The van der Waals surface area contributed by atoms with E-state index in [9.17, 15) is 13.6 Å². The first-order valence-electron chi connectivity index (χ1n) is 9.83. The van der Waals surface area contributed by atoms with Crippen LogP contribution in [0.3, 0.4) is 0 Å². The standard InChI is InChI=1S/C19H28F2N4O2/c1-3-15(4-2)27-18-22-8-5-16(24-18)23-14-6-9-25(10-7-14)17(26)13-11-19(20,21)12-13/h5,8,13-15H,3-4,6-7,9-12H2,1-2H3,(H,22,23,24). The van der Waals surface area contributed by atoms with Crippen LogP contribution in [0, 0.1) is 5.92 Å². The molecular formula is C19H28F2N4O2. The molecule has 1 saturated heterocycles. The lowest BCUT2D eigenvalue weighted by Crippen LogP contribution is -2.50. The largest absolute Gasteiger partial charge is 0.460 e. The number of hydrogen-bond donors (Lipinski definition) is 1. The SMILES string of the molecule is CCC(CC)Oc1nccc(NC2CCN(C(=O)C3CC(F)(F)C3)CC2)n1. The molecule has 150 valence electrons. The van der Waals surface area contributed by atoms with Crippen LogP contribution in [-0.4, -0.2) is 51.9 Å². The van der Waals surface area contributed by atoms with Crippen LogP contribution in [0.2, 0.25) is 0 Å². The van der Waals surface area contributed by atoms with Crippen LogP contribution in [0.25, 0.3) is 0 Å². The van der Waals surface area contributed by atoms with E-state index in [4.69, 9.17) is 4.74 Å². The second-order valence-electron chi connectivity index (χ2n) is 7.49. The number of rotatable bonds is 7. The molecule has 1 N–H and O–H groups in total. The number of halogens is 2. The Kier molecular flexibility index (Phi) is 6.11. The molecule has 2 aliphatic rings. The number of carbonyl (C=O) groups is 1. The molecule has 0 unspecified atom stereocenters. The highest BCUT2D eigenvalue weighted by Gasteiger charge is 2.49. The minimum atomic E-state index is -2.65. The predicted molar refractivity (Wildman–Crippen MR) is 97.9 cm³/mol. The quantitative estimate of drug-likeness (QED) is 0.782. The van der Waals surface area contributed by atoms with Gasteiger partial charge in [0.1, 0.15) is 11.9 Å². The summed E-state index contributed by atoms with van der Waals surface area (Å²) in [6, 6.07) is 2.35. The van der Waals surface area contributed by atoms with Gasteiger partial charge in [-0.15, -0.1) is 0 Å². The van der Waals surface area contributed by atoms with E-state index in [2.05, 4.69) is 29.1 Å². The summed E-state index contributed by atoms with van der Waals surface area (Å²) in [6.45, 7) is 5.30. The highest BCUT2D eigenvalue weighted by atomic mass is 19.3. The molecule has 2 heterocycles. The van der Waals surface area contributed by atoms with Gasteiger partial charge < -0.3 is 15.0 Å². The van der Waals surface area contributed by atoms with E-state index in [0.717, 1.165) is 25.7 Å². The molecule has 3 rings (SSSR count). The minimum Gasteiger partial charge on any atom is -0.460 e. The number of nitrogens with zero attached hydrogens (tertiary/aromatic N) is 3. The van der Waals surface area contributed by atoms with Crippen molar-refractivity contribution in [2.24, 2.45) is 5.92 Å². The van der Waals surface area contributed by atoms with Crippen molar-refractivity contribution < 1.29 is 18.3 Å². The number of hydrogen-bond acceptors (Lipinski definition) is 5. The molecule has 0 bridgehead atoms. The molecule has 1 saturated carbocycles. The normalized spacial score (nSPS) is 20.4. The van der Waals surface area contributed by atoms with Crippen LogP contribution < -0.4 is 10.1 Å². The molecular weight excluding hydrogens is 354 g/mol. The zero-order chi connectivity index (χ0) is 19.4. The van der Waals surface area contributed by atoms with Crippen molar-refractivity contribution in [2.45, 2.75) is 70.4 Å². The summed E-state index contributed by atoms with van der Waals surface area (Å²) in [5, 5.41) is 3.37. The van der Waals surface area contributed by atoms with E-state index in [-0.39, 0.29) is 30.9 Å². The third-order valence-electron chi connectivity index (χ3n) is 5.41. The zero-order valence-electron chi connectivity index (χ0n) is 16.0. The fourth-order valence-electron chi connectivity index (χ4n) is 3.63. The summed E-state index contributed by atoms with van der Waals surface area (Å²) in [7, 11) is 0. The van der Waals surface area contributed by atoms with Gasteiger partial charge in [-0.1, -0.05) is 13.8 Å². The van der Waals surface area contributed by atoms with Crippen LogP contribution in [-0.2, 0) is 4.79 Å². The molecule has 6 nitrogen and oxygen atoms in total. The first-order valence-corrected chi connectivity index (χ1v) is 9.83. The Morgan fingerprint density at radius 2 is 2.00 bits per heavy atom. The molecule has 0 radical (unpaired) electrons. The molecule has 1 aromatic heterocycles. The molecule has 0 atom stereocenters. The molecule has 1 aliphatic heterocycles. The van der Waals surface area contributed by atoms with Gasteiger partial charge in [0.15, 0.2) is 0 Å². The summed E-state index contributed by atoms with van der Waals surface area (Å²) in [5.41, 5.74) is 0. The number of aromatic nitrogens is 2. The summed E-state index contributed by atoms with van der Waals surface area (Å²) < 4.78 is 31.7. The lowest BCUT2D eigenvalue weighted by atomic mass is 9.80. The van der Waals surface area contributed by atoms with Gasteiger partial charge in [-0.2, -0.15) is 4.98 Å². The van der Waals surface area contributed by atoms with Crippen molar-refractivity contribution in [1.29, 1.82) is 0 Å². The summed E-state index contributed by atoms with van der Waals surface area (Å²) in [4.78, 5) is 22.6. The first kappa shape index (κ1) is 19.8. The number of anilines is 1. The Labute approximate surface area is 158 Å². The van der Waals surface area contributed by atoms with E-state index in [0.29, 0.717) is 24.9 Å². The van der Waals surface area contributed by atoms with Gasteiger partial charge >= 0.3 is 6.01 Å². The average Bonchev–Trinajstić information content (AvgIpc) is 2.64. The van der Waals surface area contributed by atoms with Gasteiger partial charge in [0.25, 0.3) is 0 Å². The van der Waals surface area contributed by atoms with Crippen LogP contribution >= 0.6 is 0 Å². The van der Waals surface area contributed by atoms with Gasteiger partial charge in [-0.25, -0.2) is 13.8 Å². The van der Waals surface area contributed by atoms with Crippen molar-refractivity contribution in [3.8, 4) is 6.01 Å². The number of nitrogens with one attached hydrogen (secondary N) is 1. The monoisotopic (exact) mass is 382 g/mol. The van der Waals surface area contributed by atoms with Crippen molar-refractivity contribution in [1.82, 2.24) is 14.9 Å². The van der Waals surface area contributed by atoms with Gasteiger partial charge in [0.05, 0.1) is 0 Å². The molecule has 8 heteroatoms. The number of piperidine rings is 1. The Hall–Kier alpha value is -1.99. The van der Waals surface area contributed by atoms with Crippen LogP contribution in [0.5, 0.6) is 6.01 Å². The van der Waals surface area contributed by atoms with E-state index < -0.39 is 11.8 Å². The maximum Gasteiger partial charge on any atom is 0.318 e. The highest BCUT2D eigenvalue weighted by Crippen LogP contribution is 2.43. The third kappa shape index (κ3) is 5.05. The lowest BCUT2D eigenvalue weighted by molar-refractivity contribution is -0.160. The van der Waals surface area contributed by atoms with Crippen molar-refractivity contribution >= 4 is 11.7 Å². The third-order valence-corrected chi connectivity index (χ3v) is 5.41. The second-order valence-corrected chi connectivity index (χ2v) is 7.49. The Morgan fingerprint density at radius 1 is 1.33 bits per heavy atom. The number of ether oxygens (including phenoxy) is 1. The number of alkyl halides is 2. The van der Waals surface area contributed by atoms with Gasteiger partial charge in [-0.05, 0) is 31.7 Å². The second kappa shape index (κ2) is 8.35. The Morgan fingerprint density at radius 3 is 2.59 bits per heavy atom. The summed E-state index contributed by atoms with van der Waals surface area (Å²) >= 11 is 0. The highest BCUT2D eigenvalue weighted by molar-refractivity contribution is 5.80. The van der Waals surface area contributed by atoms with Crippen LogP contribution in [0.4, 0.5) is 14.6 Å². The first-order chi connectivity index (χ1) is 12.9. The van der Waals surface area contributed by atoms with E-state index in [1.807, 2.05) is 0 Å². The van der Waals surface area contributed by atoms with E-state index in [1.165, 1.54) is 0 Å². The Bertz CT molecular complexity index is 638. The average molecular weight is 382 g/mol. The minimum absolute atomic E-state index is 0.105.